The maximum atomic E-state index is 13.0. The van der Waals surface area contributed by atoms with Crippen molar-refractivity contribution in [2.45, 2.75) is 12.3 Å². The monoisotopic (exact) mass is 325 g/mol. The molecule has 1 unspecified atom stereocenters. The fourth-order valence-electron chi connectivity index (χ4n) is 3.11. The lowest BCUT2D eigenvalue weighted by atomic mass is 9.98. The zero-order valence-corrected chi connectivity index (χ0v) is 13.7. The van der Waals surface area contributed by atoms with E-state index in [1.165, 1.54) is 7.11 Å². The molecule has 5 heteroatoms. The highest BCUT2D eigenvalue weighted by atomic mass is 16.5. The molecule has 0 bridgehead atoms. The number of esters is 1. The molecule has 0 radical (unpaired) electrons. The van der Waals surface area contributed by atoms with Crippen LogP contribution >= 0.6 is 0 Å². The summed E-state index contributed by atoms with van der Waals surface area (Å²) in [4.78, 5) is 26.4. The third kappa shape index (κ3) is 2.85. The predicted octanol–water partition coefficient (Wildman–Crippen LogP) is 3.00. The number of nitrogens with zero attached hydrogens (tertiary/aromatic N) is 1. The van der Waals surface area contributed by atoms with Gasteiger partial charge in [-0.05, 0) is 23.8 Å². The van der Waals surface area contributed by atoms with E-state index in [1.54, 1.807) is 24.1 Å². The number of methoxy groups -OCH3 is 2. The van der Waals surface area contributed by atoms with Crippen LogP contribution in [-0.2, 0) is 9.53 Å². The van der Waals surface area contributed by atoms with Crippen LogP contribution in [0, 0.1) is 0 Å². The average molecular weight is 325 g/mol. The molecule has 1 atom stereocenters. The summed E-state index contributed by atoms with van der Waals surface area (Å²) in [6, 6.07) is 14.8. The van der Waals surface area contributed by atoms with Crippen molar-refractivity contribution in [1.29, 1.82) is 0 Å². The van der Waals surface area contributed by atoms with E-state index in [0.717, 1.165) is 11.3 Å². The minimum absolute atomic E-state index is 0.0627. The van der Waals surface area contributed by atoms with Crippen LogP contribution in [0.3, 0.4) is 0 Å². The SMILES string of the molecule is COC(=O)CC1CN(C(=O)c2ccccc2OC)c2ccccc21. The fourth-order valence-corrected chi connectivity index (χ4v) is 3.11. The second-order valence-corrected chi connectivity index (χ2v) is 5.65. The standard InChI is InChI=1S/C19H19NO4/c1-23-17-10-6-4-8-15(17)19(22)20-12-13(11-18(21)24-2)14-7-3-5-9-16(14)20/h3-10,13H,11-12H2,1-2H3. The van der Waals surface area contributed by atoms with Crippen molar-refractivity contribution in [3.05, 3.63) is 59.7 Å². The molecule has 5 nitrogen and oxygen atoms in total. The summed E-state index contributed by atoms with van der Waals surface area (Å²) in [5, 5.41) is 0. The maximum absolute atomic E-state index is 13.0. The molecule has 1 aliphatic rings. The van der Waals surface area contributed by atoms with E-state index in [1.807, 2.05) is 36.4 Å². The Hall–Kier alpha value is -2.82. The zero-order valence-electron chi connectivity index (χ0n) is 13.7. The molecule has 2 aromatic carbocycles. The highest BCUT2D eigenvalue weighted by Gasteiger charge is 2.34. The second kappa shape index (κ2) is 6.74. The van der Waals surface area contributed by atoms with Crippen molar-refractivity contribution in [2.75, 3.05) is 25.7 Å². The number of benzene rings is 2. The van der Waals surface area contributed by atoms with Crippen molar-refractivity contribution in [3.63, 3.8) is 0 Å². The Morgan fingerprint density at radius 2 is 1.79 bits per heavy atom. The van der Waals surface area contributed by atoms with Gasteiger partial charge in [-0.3, -0.25) is 9.59 Å². The highest BCUT2D eigenvalue weighted by molar-refractivity contribution is 6.09. The van der Waals surface area contributed by atoms with Crippen molar-refractivity contribution >= 4 is 17.6 Å². The first-order chi connectivity index (χ1) is 11.7. The number of amides is 1. The molecule has 0 fully saturated rings. The second-order valence-electron chi connectivity index (χ2n) is 5.65. The smallest absolute Gasteiger partial charge is 0.306 e. The van der Waals surface area contributed by atoms with Crippen molar-refractivity contribution in [3.8, 4) is 5.75 Å². The largest absolute Gasteiger partial charge is 0.496 e. The summed E-state index contributed by atoms with van der Waals surface area (Å²) in [5.74, 6) is 0.0670. The Balaban J connectivity index is 1.94. The topological polar surface area (TPSA) is 55.8 Å². The number of para-hydroxylation sites is 2. The van der Waals surface area contributed by atoms with Gasteiger partial charge >= 0.3 is 5.97 Å². The predicted molar refractivity (Wildman–Crippen MR) is 90.5 cm³/mol. The molecule has 124 valence electrons. The Bertz CT molecular complexity index is 771. The summed E-state index contributed by atoms with van der Waals surface area (Å²) in [6.45, 7) is 0.450. The third-order valence-corrected chi connectivity index (χ3v) is 4.29. The fraction of sp³-hybridized carbons (Fsp3) is 0.263. The van der Waals surface area contributed by atoms with E-state index in [0.29, 0.717) is 17.9 Å². The molecule has 1 amide bonds. The third-order valence-electron chi connectivity index (χ3n) is 4.29. The Kier molecular flexibility index (Phi) is 4.51. The van der Waals surface area contributed by atoms with E-state index in [2.05, 4.69) is 0 Å². The lowest BCUT2D eigenvalue weighted by Gasteiger charge is -2.19. The van der Waals surface area contributed by atoms with Gasteiger partial charge in [0.25, 0.3) is 5.91 Å². The number of carbonyl (C=O) groups is 2. The summed E-state index contributed by atoms with van der Waals surface area (Å²) < 4.78 is 10.1. The van der Waals surface area contributed by atoms with Gasteiger partial charge in [-0.2, -0.15) is 0 Å². The molecule has 0 aliphatic carbocycles. The Morgan fingerprint density at radius 3 is 2.54 bits per heavy atom. The number of hydrogen-bond acceptors (Lipinski definition) is 4. The van der Waals surface area contributed by atoms with E-state index in [4.69, 9.17) is 9.47 Å². The first-order valence-electron chi connectivity index (χ1n) is 7.76. The van der Waals surface area contributed by atoms with Crippen LogP contribution in [-0.4, -0.2) is 32.6 Å². The van der Waals surface area contributed by atoms with Crippen LogP contribution in [0.5, 0.6) is 5.75 Å². The zero-order chi connectivity index (χ0) is 17.1. The van der Waals surface area contributed by atoms with Crippen molar-refractivity contribution in [2.24, 2.45) is 0 Å². The first kappa shape index (κ1) is 16.1. The van der Waals surface area contributed by atoms with Crippen LogP contribution in [0.4, 0.5) is 5.69 Å². The normalized spacial score (nSPS) is 15.8. The molecular formula is C19H19NO4. The Morgan fingerprint density at radius 1 is 1.08 bits per heavy atom. The van der Waals surface area contributed by atoms with Gasteiger partial charge in [-0.25, -0.2) is 0 Å². The number of ether oxygens (including phenoxy) is 2. The summed E-state index contributed by atoms with van der Waals surface area (Å²) in [6.07, 6.45) is 0.253. The van der Waals surface area contributed by atoms with Gasteiger partial charge in [-0.1, -0.05) is 30.3 Å². The van der Waals surface area contributed by atoms with Crippen molar-refractivity contribution in [1.82, 2.24) is 0 Å². The molecule has 3 rings (SSSR count). The molecule has 0 N–H and O–H groups in total. The number of fused-ring (bicyclic) bond motifs is 1. The molecule has 2 aromatic rings. The minimum atomic E-state index is -0.276. The van der Waals surface area contributed by atoms with Crippen LogP contribution < -0.4 is 9.64 Å². The quantitative estimate of drug-likeness (QED) is 0.811. The van der Waals surface area contributed by atoms with E-state index < -0.39 is 0 Å². The molecule has 0 saturated heterocycles. The van der Waals surface area contributed by atoms with Gasteiger partial charge in [-0.15, -0.1) is 0 Å². The van der Waals surface area contributed by atoms with Gasteiger partial charge in [0.05, 0.1) is 26.2 Å². The molecule has 0 saturated carbocycles. The first-order valence-corrected chi connectivity index (χ1v) is 7.76. The van der Waals surface area contributed by atoms with Gasteiger partial charge < -0.3 is 14.4 Å². The molecule has 0 spiro atoms. The van der Waals surface area contributed by atoms with E-state index in [-0.39, 0.29) is 24.2 Å². The Labute approximate surface area is 140 Å². The average Bonchev–Trinajstić information content (AvgIpc) is 2.99. The van der Waals surface area contributed by atoms with Gasteiger partial charge in [0, 0.05) is 18.2 Å². The molecule has 1 aliphatic heterocycles. The number of rotatable bonds is 4. The lowest BCUT2D eigenvalue weighted by Crippen LogP contribution is -2.30. The number of hydrogen-bond donors (Lipinski definition) is 0. The highest BCUT2D eigenvalue weighted by Crippen LogP contribution is 2.39. The summed E-state index contributed by atoms with van der Waals surface area (Å²) >= 11 is 0. The molecule has 1 heterocycles. The van der Waals surface area contributed by atoms with Crippen molar-refractivity contribution < 1.29 is 19.1 Å². The van der Waals surface area contributed by atoms with Crippen LogP contribution in [0.1, 0.15) is 28.3 Å². The summed E-state index contributed by atoms with van der Waals surface area (Å²) in [7, 11) is 2.92. The number of anilines is 1. The van der Waals surface area contributed by atoms with E-state index in [9.17, 15) is 9.59 Å². The minimum Gasteiger partial charge on any atom is -0.496 e. The van der Waals surface area contributed by atoms with Gasteiger partial charge in [0.2, 0.25) is 0 Å². The van der Waals surface area contributed by atoms with Crippen LogP contribution in [0.25, 0.3) is 0 Å². The van der Waals surface area contributed by atoms with Crippen LogP contribution in [0.2, 0.25) is 0 Å². The maximum Gasteiger partial charge on any atom is 0.306 e. The van der Waals surface area contributed by atoms with E-state index >= 15 is 0 Å². The van der Waals surface area contributed by atoms with Crippen LogP contribution in [0.15, 0.2) is 48.5 Å². The van der Waals surface area contributed by atoms with Gasteiger partial charge in [0.15, 0.2) is 0 Å². The molecule has 0 aromatic heterocycles. The summed E-state index contributed by atoms with van der Waals surface area (Å²) in [5.41, 5.74) is 2.34. The molecular weight excluding hydrogens is 306 g/mol. The lowest BCUT2D eigenvalue weighted by molar-refractivity contribution is -0.141. The number of carbonyl (C=O) groups excluding carboxylic acids is 2. The van der Waals surface area contributed by atoms with Gasteiger partial charge in [0.1, 0.15) is 5.75 Å². The molecule has 24 heavy (non-hydrogen) atoms.